The Morgan fingerprint density at radius 3 is 3.09 bits per heavy atom. The molecule has 0 aliphatic rings. The van der Waals surface area contributed by atoms with Gasteiger partial charge in [-0.05, 0) is 30.9 Å². The number of aromatic nitrogens is 1. The van der Waals surface area contributed by atoms with Crippen molar-refractivity contribution in [1.29, 1.82) is 0 Å². The van der Waals surface area contributed by atoms with Crippen LogP contribution in [0.1, 0.15) is 18.4 Å². The summed E-state index contributed by atoms with van der Waals surface area (Å²) in [7, 11) is 0. The molecular formula is C10H13N. The Morgan fingerprint density at radius 2 is 2.45 bits per heavy atom. The predicted molar refractivity (Wildman–Crippen MR) is 47.4 cm³/mol. The zero-order chi connectivity index (χ0) is 7.94. The van der Waals surface area contributed by atoms with Crippen LogP contribution < -0.4 is 0 Å². The first-order valence-corrected chi connectivity index (χ1v) is 3.93. The molecule has 1 rings (SSSR count). The Labute approximate surface area is 67.8 Å². The van der Waals surface area contributed by atoms with Gasteiger partial charge in [-0.1, -0.05) is 12.1 Å². The van der Waals surface area contributed by atoms with Crippen molar-refractivity contribution < 1.29 is 0 Å². The van der Waals surface area contributed by atoms with Crippen LogP contribution in [0.15, 0.2) is 37.2 Å². The molecule has 58 valence electrons. The number of aryl methyl sites for hydroxylation is 1. The fourth-order valence-corrected chi connectivity index (χ4v) is 0.997. The second-order valence-corrected chi connectivity index (χ2v) is 2.54. The lowest BCUT2D eigenvalue weighted by atomic mass is 10.1. The van der Waals surface area contributed by atoms with Crippen LogP contribution in [0.5, 0.6) is 0 Å². The smallest absolute Gasteiger partial charge is 0.0299 e. The van der Waals surface area contributed by atoms with Gasteiger partial charge in [-0.2, -0.15) is 0 Å². The van der Waals surface area contributed by atoms with E-state index in [0.29, 0.717) is 0 Å². The van der Waals surface area contributed by atoms with Crippen LogP contribution >= 0.6 is 0 Å². The Kier molecular flexibility index (Phi) is 3.39. The molecule has 0 radical (unpaired) electrons. The maximum absolute atomic E-state index is 4.04. The molecule has 1 nitrogen and oxygen atoms in total. The minimum atomic E-state index is 1.09. The van der Waals surface area contributed by atoms with E-state index < -0.39 is 0 Å². The molecule has 1 heteroatoms. The minimum absolute atomic E-state index is 1.09. The third kappa shape index (κ3) is 2.99. The van der Waals surface area contributed by atoms with E-state index in [4.69, 9.17) is 0 Å². The molecule has 0 unspecified atom stereocenters. The maximum Gasteiger partial charge on any atom is 0.0299 e. The first-order valence-electron chi connectivity index (χ1n) is 3.93. The summed E-state index contributed by atoms with van der Waals surface area (Å²) < 4.78 is 0. The highest BCUT2D eigenvalue weighted by Crippen LogP contribution is 2.02. The number of nitrogens with zero attached hydrogens (tertiary/aromatic N) is 1. The Morgan fingerprint density at radius 1 is 1.55 bits per heavy atom. The molecule has 0 saturated heterocycles. The summed E-state index contributed by atoms with van der Waals surface area (Å²) >= 11 is 0. The summed E-state index contributed by atoms with van der Waals surface area (Å²) in [6, 6.07) is 4.08. The molecular weight excluding hydrogens is 134 g/mol. The van der Waals surface area contributed by atoms with Crippen LogP contribution in [0.4, 0.5) is 0 Å². The molecule has 1 heterocycles. The topological polar surface area (TPSA) is 12.9 Å². The average Bonchev–Trinajstić information content (AvgIpc) is 2.07. The van der Waals surface area contributed by atoms with Crippen molar-refractivity contribution in [2.75, 3.05) is 0 Å². The van der Waals surface area contributed by atoms with Gasteiger partial charge >= 0.3 is 0 Å². The molecule has 1 aromatic rings. The fourth-order valence-electron chi connectivity index (χ4n) is 0.997. The second-order valence-electron chi connectivity index (χ2n) is 2.54. The highest BCUT2D eigenvalue weighted by Gasteiger charge is 1.89. The van der Waals surface area contributed by atoms with E-state index in [1.165, 1.54) is 12.0 Å². The minimum Gasteiger partial charge on any atom is -0.264 e. The summed E-state index contributed by atoms with van der Waals surface area (Å²) in [6.07, 6.45) is 9.06. The van der Waals surface area contributed by atoms with E-state index in [9.17, 15) is 0 Å². The third-order valence-corrected chi connectivity index (χ3v) is 1.60. The Bertz CT molecular complexity index is 203. The third-order valence-electron chi connectivity index (χ3n) is 1.60. The monoisotopic (exact) mass is 147 g/mol. The molecule has 0 fully saturated rings. The summed E-state index contributed by atoms with van der Waals surface area (Å²) in [5.41, 5.74) is 1.31. The first kappa shape index (κ1) is 7.99. The van der Waals surface area contributed by atoms with Crippen LogP contribution in [0.25, 0.3) is 0 Å². The van der Waals surface area contributed by atoms with Gasteiger partial charge in [0.15, 0.2) is 0 Å². The fraction of sp³-hybridized carbons (Fsp3) is 0.300. The zero-order valence-electron chi connectivity index (χ0n) is 6.66. The van der Waals surface area contributed by atoms with Crippen LogP contribution in [-0.2, 0) is 6.42 Å². The predicted octanol–water partition coefficient (Wildman–Crippen LogP) is 2.59. The van der Waals surface area contributed by atoms with E-state index in [1.807, 2.05) is 18.3 Å². The van der Waals surface area contributed by atoms with Crippen molar-refractivity contribution in [1.82, 2.24) is 4.98 Å². The van der Waals surface area contributed by atoms with Gasteiger partial charge in [-0.25, -0.2) is 0 Å². The summed E-state index contributed by atoms with van der Waals surface area (Å²) in [5.74, 6) is 0. The second kappa shape index (κ2) is 4.67. The van der Waals surface area contributed by atoms with Crippen LogP contribution in [0.3, 0.4) is 0 Å². The molecule has 0 amide bonds. The highest BCUT2D eigenvalue weighted by molar-refractivity contribution is 5.08. The average molecular weight is 147 g/mol. The molecule has 1 aromatic heterocycles. The lowest BCUT2D eigenvalue weighted by Crippen LogP contribution is -1.84. The van der Waals surface area contributed by atoms with E-state index >= 15 is 0 Å². The van der Waals surface area contributed by atoms with Gasteiger partial charge in [0.25, 0.3) is 0 Å². The highest BCUT2D eigenvalue weighted by atomic mass is 14.6. The number of rotatable bonds is 4. The van der Waals surface area contributed by atoms with Crippen LogP contribution in [-0.4, -0.2) is 4.98 Å². The van der Waals surface area contributed by atoms with Crippen molar-refractivity contribution in [2.45, 2.75) is 19.3 Å². The number of allylic oxidation sites excluding steroid dienone is 1. The van der Waals surface area contributed by atoms with Crippen LogP contribution in [0.2, 0.25) is 0 Å². The van der Waals surface area contributed by atoms with Gasteiger partial charge < -0.3 is 0 Å². The normalized spacial score (nSPS) is 9.45. The molecule has 11 heavy (non-hydrogen) atoms. The molecule has 0 aliphatic heterocycles. The Hall–Kier alpha value is -1.11. The SMILES string of the molecule is C=CCCCc1cccnc1. The Balaban J connectivity index is 2.33. The van der Waals surface area contributed by atoms with E-state index in [1.54, 1.807) is 6.20 Å². The van der Waals surface area contributed by atoms with Gasteiger partial charge in [0, 0.05) is 12.4 Å². The molecule has 0 aromatic carbocycles. The lowest BCUT2D eigenvalue weighted by Gasteiger charge is -1.96. The first-order chi connectivity index (χ1) is 5.43. The zero-order valence-corrected chi connectivity index (χ0v) is 6.66. The van der Waals surface area contributed by atoms with E-state index in [2.05, 4.69) is 17.6 Å². The molecule has 0 saturated carbocycles. The summed E-state index contributed by atoms with van der Waals surface area (Å²) in [4.78, 5) is 4.04. The van der Waals surface area contributed by atoms with Crippen molar-refractivity contribution in [3.8, 4) is 0 Å². The largest absolute Gasteiger partial charge is 0.264 e. The number of unbranched alkanes of at least 4 members (excludes halogenated alkanes) is 1. The molecule has 0 bridgehead atoms. The van der Waals surface area contributed by atoms with Gasteiger partial charge in [-0.3, -0.25) is 4.98 Å². The van der Waals surface area contributed by atoms with E-state index in [0.717, 1.165) is 12.8 Å². The van der Waals surface area contributed by atoms with Crippen molar-refractivity contribution in [2.24, 2.45) is 0 Å². The van der Waals surface area contributed by atoms with Crippen molar-refractivity contribution >= 4 is 0 Å². The number of hydrogen-bond donors (Lipinski definition) is 0. The van der Waals surface area contributed by atoms with Crippen LogP contribution in [0, 0.1) is 0 Å². The standard InChI is InChI=1S/C10H13N/c1-2-3-4-6-10-7-5-8-11-9-10/h2,5,7-9H,1,3-4,6H2. The number of hydrogen-bond acceptors (Lipinski definition) is 1. The quantitative estimate of drug-likeness (QED) is 0.471. The molecule has 0 N–H and O–H groups in total. The summed E-state index contributed by atoms with van der Waals surface area (Å²) in [6.45, 7) is 3.68. The van der Waals surface area contributed by atoms with Crippen molar-refractivity contribution in [3.05, 3.63) is 42.7 Å². The van der Waals surface area contributed by atoms with Gasteiger partial charge in [-0.15, -0.1) is 6.58 Å². The van der Waals surface area contributed by atoms with Gasteiger partial charge in [0.1, 0.15) is 0 Å². The van der Waals surface area contributed by atoms with E-state index in [-0.39, 0.29) is 0 Å². The number of pyridine rings is 1. The van der Waals surface area contributed by atoms with Crippen molar-refractivity contribution in [3.63, 3.8) is 0 Å². The summed E-state index contributed by atoms with van der Waals surface area (Å²) in [5, 5.41) is 0. The molecule has 0 atom stereocenters. The molecule has 0 spiro atoms. The molecule has 0 aliphatic carbocycles. The lowest BCUT2D eigenvalue weighted by molar-refractivity contribution is 0.840. The van der Waals surface area contributed by atoms with Gasteiger partial charge in [0.2, 0.25) is 0 Å². The maximum atomic E-state index is 4.04. The van der Waals surface area contributed by atoms with Gasteiger partial charge in [0.05, 0.1) is 0 Å².